The summed E-state index contributed by atoms with van der Waals surface area (Å²) in [7, 11) is 0. The molecule has 6 nitrogen and oxygen atoms in total. The summed E-state index contributed by atoms with van der Waals surface area (Å²) in [5.74, 6) is -2.74. The van der Waals surface area contributed by atoms with Crippen LogP contribution < -0.4 is 10.6 Å². The lowest BCUT2D eigenvalue weighted by Gasteiger charge is -2.19. The van der Waals surface area contributed by atoms with E-state index in [-0.39, 0.29) is 35.1 Å². The van der Waals surface area contributed by atoms with Gasteiger partial charge in [-0.3, -0.25) is 9.59 Å². The average molecular weight is 362 g/mol. The number of nitrogens with zero attached hydrogens (tertiary/aromatic N) is 1. The summed E-state index contributed by atoms with van der Waals surface area (Å²) in [4.78, 5) is 35.6. The summed E-state index contributed by atoms with van der Waals surface area (Å²) in [6, 6.07) is 2.71. The van der Waals surface area contributed by atoms with Crippen LogP contribution in [0.2, 0.25) is 5.02 Å². The topological polar surface area (TPSA) is 101 Å². The molecule has 106 valence electrons. The minimum Gasteiger partial charge on any atom is -0.478 e. The zero-order valence-corrected chi connectivity index (χ0v) is 12.4. The van der Waals surface area contributed by atoms with Crippen molar-refractivity contribution < 1.29 is 19.5 Å². The highest BCUT2D eigenvalue weighted by Crippen LogP contribution is 2.34. The quantitative estimate of drug-likeness (QED) is 0.854. The minimum absolute atomic E-state index is 0.0257. The number of anilines is 1. The van der Waals surface area contributed by atoms with Crippen LogP contribution in [0.1, 0.15) is 16.8 Å². The molecule has 1 unspecified atom stereocenters. The van der Waals surface area contributed by atoms with Gasteiger partial charge in [-0.2, -0.15) is 0 Å². The molecule has 0 bridgehead atoms. The number of amides is 2. The van der Waals surface area contributed by atoms with Crippen molar-refractivity contribution in [3.05, 3.63) is 27.2 Å². The van der Waals surface area contributed by atoms with E-state index in [1.165, 1.54) is 17.0 Å². The Labute approximate surface area is 127 Å². The Morgan fingerprint density at radius 3 is 2.60 bits per heavy atom. The molecule has 1 saturated heterocycles. The van der Waals surface area contributed by atoms with Gasteiger partial charge in [-0.1, -0.05) is 11.6 Å². The number of carbonyl (C=O) groups excluding carboxylic acids is 2. The number of hydrogen-bond acceptors (Lipinski definition) is 3. The van der Waals surface area contributed by atoms with Gasteiger partial charge in [0.15, 0.2) is 0 Å². The molecule has 2 amide bonds. The van der Waals surface area contributed by atoms with Gasteiger partial charge in [0.05, 0.1) is 22.2 Å². The SMILES string of the molecule is NC(=O)C1CC(=O)N(c2cc(Cl)c(Br)cc2C(=O)O)C1. The summed E-state index contributed by atoms with van der Waals surface area (Å²) in [5.41, 5.74) is 5.28. The summed E-state index contributed by atoms with van der Waals surface area (Å²) in [6.45, 7) is 0.0619. The van der Waals surface area contributed by atoms with Crippen LogP contribution in [0.15, 0.2) is 16.6 Å². The first-order valence-corrected chi connectivity index (χ1v) is 6.80. The number of aromatic carboxylic acids is 1. The van der Waals surface area contributed by atoms with E-state index >= 15 is 0 Å². The van der Waals surface area contributed by atoms with Gasteiger partial charge in [-0.25, -0.2) is 4.79 Å². The molecule has 3 N–H and O–H groups in total. The number of hydrogen-bond donors (Lipinski definition) is 2. The normalized spacial score (nSPS) is 18.4. The number of benzene rings is 1. The van der Waals surface area contributed by atoms with Crippen LogP contribution in [-0.4, -0.2) is 29.4 Å². The maximum Gasteiger partial charge on any atom is 0.337 e. The third kappa shape index (κ3) is 2.64. The molecule has 1 atom stereocenters. The number of primary amides is 1. The van der Waals surface area contributed by atoms with E-state index < -0.39 is 17.8 Å². The highest BCUT2D eigenvalue weighted by molar-refractivity contribution is 9.10. The van der Waals surface area contributed by atoms with Crippen LogP contribution in [0, 0.1) is 5.92 Å². The first-order chi connectivity index (χ1) is 9.31. The Hall–Kier alpha value is -1.60. The van der Waals surface area contributed by atoms with Crippen LogP contribution >= 0.6 is 27.5 Å². The van der Waals surface area contributed by atoms with Crippen LogP contribution in [0.5, 0.6) is 0 Å². The molecule has 1 aliphatic rings. The number of rotatable bonds is 3. The largest absolute Gasteiger partial charge is 0.478 e. The highest BCUT2D eigenvalue weighted by Gasteiger charge is 2.35. The number of halogens is 2. The predicted octanol–water partition coefficient (Wildman–Crippen LogP) is 1.64. The fourth-order valence-corrected chi connectivity index (χ4v) is 2.56. The zero-order valence-electron chi connectivity index (χ0n) is 10.1. The standard InChI is InChI=1S/C12H10BrClN2O4/c13-7-2-6(12(19)20)9(3-8(7)14)16-4-5(11(15)18)1-10(16)17/h2-3,5H,1,4H2,(H2,15,18)(H,19,20). The van der Waals surface area contributed by atoms with Crippen molar-refractivity contribution in [1.29, 1.82) is 0 Å². The molecular weight excluding hydrogens is 351 g/mol. The maximum atomic E-state index is 11.9. The maximum absolute atomic E-state index is 11.9. The minimum atomic E-state index is -1.19. The van der Waals surface area contributed by atoms with Gasteiger partial charge in [0.25, 0.3) is 0 Å². The van der Waals surface area contributed by atoms with Crippen molar-refractivity contribution in [3.8, 4) is 0 Å². The van der Waals surface area contributed by atoms with Crippen molar-refractivity contribution in [2.24, 2.45) is 11.7 Å². The molecule has 1 aromatic carbocycles. The van der Waals surface area contributed by atoms with Crippen molar-refractivity contribution in [3.63, 3.8) is 0 Å². The molecule has 8 heteroatoms. The Morgan fingerprint density at radius 2 is 2.10 bits per heavy atom. The van der Waals surface area contributed by atoms with E-state index in [0.717, 1.165) is 0 Å². The lowest BCUT2D eigenvalue weighted by molar-refractivity contribution is -0.123. The molecule has 2 rings (SSSR count). The summed E-state index contributed by atoms with van der Waals surface area (Å²) in [5, 5.41) is 9.49. The van der Waals surface area contributed by atoms with Gasteiger partial charge < -0.3 is 15.7 Å². The summed E-state index contributed by atoms with van der Waals surface area (Å²) < 4.78 is 0.415. The van der Waals surface area contributed by atoms with E-state index in [2.05, 4.69) is 15.9 Å². The fourth-order valence-electron chi connectivity index (χ4n) is 2.06. The molecule has 1 heterocycles. The molecule has 1 aromatic rings. The Bertz CT molecular complexity index is 620. The smallest absolute Gasteiger partial charge is 0.337 e. The van der Waals surface area contributed by atoms with E-state index in [1.54, 1.807) is 0 Å². The van der Waals surface area contributed by atoms with Crippen molar-refractivity contribution in [1.82, 2.24) is 0 Å². The van der Waals surface area contributed by atoms with Gasteiger partial charge in [-0.15, -0.1) is 0 Å². The number of carboxylic acid groups (broad SMARTS) is 1. The van der Waals surface area contributed by atoms with Gasteiger partial charge in [-0.05, 0) is 28.1 Å². The van der Waals surface area contributed by atoms with E-state index in [9.17, 15) is 19.5 Å². The molecule has 0 radical (unpaired) electrons. The molecule has 1 aliphatic heterocycles. The van der Waals surface area contributed by atoms with E-state index in [4.69, 9.17) is 17.3 Å². The third-order valence-electron chi connectivity index (χ3n) is 3.09. The lowest BCUT2D eigenvalue weighted by atomic mass is 10.1. The second-order valence-corrected chi connectivity index (χ2v) is 5.66. The van der Waals surface area contributed by atoms with Gasteiger partial charge in [0, 0.05) is 17.4 Å². The Morgan fingerprint density at radius 1 is 1.45 bits per heavy atom. The molecule has 20 heavy (non-hydrogen) atoms. The van der Waals surface area contributed by atoms with Crippen molar-refractivity contribution in [2.45, 2.75) is 6.42 Å². The van der Waals surface area contributed by atoms with Crippen molar-refractivity contribution in [2.75, 3.05) is 11.4 Å². The first kappa shape index (κ1) is 14.8. The summed E-state index contributed by atoms with van der Waals surface area (Å²) in [6.07, 6.45) is -0.0257. The van der Waals surface area contributed by atoms with E-state index in [1.807, 2.05) is 0 Å². The van der Waals surface area contributed by atoms with Crippen LogP contribution in [0.3, 0.4) is 0 Å². The second kappa shape index (κ2) is 5.41. The van der Waals surface area contributed by atoms with Gasteiger partial charge in [0.1, 0.15) is 0 Å². The average Bonchev–Trinajstić information content (AvgIpc) is 2.74. The second-order valence-electron chi connectivity index (χ2n) is 4.40. The van der Waals surface area contributed by atoms with Crippen LogP contribution in [-0.2, 0) is 9.59 Å². The fraction of sp³-hybridized carbons (Fsp3) is 0.250. The van der Waals surface area contributed by atoms with E-state index in [0.29, 0.717) is 4.47 Å². The molecule has 1 fully saturated rings. The van der Waals surface area contributed by atoms with Crippen LogP contribution in [0.4, 0.5) is 5.69 Å². The predicted molar refractivity (Wildman–Crippen MR) is 75.8 cm³/mol. The lowest BCUT2D eigenvalue weighted by Crippen LogP contribution is -2.29. The number of carbonyl (C=O) groups is 3. The monoisotopic (exact) mass is 360 g/mol. The molecule has 0 aliphatic carbocycles. The Kier molecular flexibility index (Phi) is 4.01. The Balaban J connectivity index is 2.47. The number of nitrogens with two attached hydrogens (primary N) is 1. The molecule has 0 spiro atoms. The zero-order chi connectivity index (χ0) is 15.0. The first-order valence-electron chi connectivity index (χ1n) is 5.63. The van der Waals surface area contributed by atoms with Crippen LogP contribution in [0.25, 0.3) is 0 Å². The summed E-state index contributed by atoms with van der Waals surface area (Å²) >= 11 is 9.08. The van der Waals surface area contributed by atoms with Crippen molar-refractivity contribution >= 4 is 51.0 Å². The molecule has 0 saturated carbocycles. The van der Waals surface area contributed by atoms with Gasteiger partial charge >= 0.3 is 5.97 Å². The molecule has 0 aromatic heterocycles. The number of carboxylic acids is 1. The van der Waals surface area contributed by atoms with Gasteiger partial charge in [0.2, 0.25) is 11.8 Å². The molecular formula is C12H10BrClN2O4. The highest BCUT2D eigenvalue weighted by atomic mass is 79.9. The third-order valence-corrected chi connectivity index (χ3v) is 4.28.